The number of thioether (sulfide) groups is 1. The van der Waals surface area contributed by atoms with Crippen LogP contribution in [0.1, 0.15) is 38.7 Å². The Hall–Kier alpha value is -2.38. The highest BCUT2D eigenvalue weighted by molar-refractivity contribution is 9.10. The molecule has 5 nitrogen and oxygen atoms in total. The summed E-state index contributed by atoms with van der Waals surface area (Å²) in [6.45, 7) is 6.05. The zero-order chi connectivity index (χ0) is 23.0. The number of ketones is 1. The zero-order valence-corrected chi connectivity index (χ0v) is 21.0. The van der Waals surface area contributed by atoms with E-state index >= 15 is 0 Å². The number of pyridine rings is 1. The molecule has 2 atom stereocenters. The van der Waals surface area contributed by atoms with Crippen LogP contribution in [0.3, 0.4) is 0 Å². The molecule has 4 rings (SSSR count). The average Bonchev–Trinajstić information content (AvgIpc) is 2.73. The second-order valence-corrected chi connectivity index (χ2v) is 10.8. The molecule has 2 aromatic rings. The van der Waals surface area contributed by atoms with Crippen molar-refractivity contribution in [3.05, 3.63) is 75.7 Å². The number of hydrogen-bond acceptors (Lipinski definition) is 4. The van der Waals surface area contributed by atoms with Gasteiger partial charge in [-0.25, -0.2) is 15.1 Å². The van der Waals surface area contributed by atoms with Gasteiger partial charge in [-0.15, -0.1) is 11.8 Å². The number of H-pyrrole nitrogens is 1. The largest absolute Gasteiger partial charge is 0.362 e. The first kappa shape index (κ1) is 22.8. The summed E-state index contributed by atoms with van der Waals surface area (Å²) in [5, 5.41) is 6.36. The van der Waals surface area contributed by atoms with Gasteiger partial charge in [-0.05, 0) is 58.3 Å². The number of aromatic amines is 1. The molecule has 0 fully saturated rings. The Balaban J connectivity index is 1.80. The van der Waals surface area contributed by atoms with E-state index in [4.69, 9.17) is 0 Å². The maximum atomic E-state index is 13.5. The van der Waals surface area contributed by atoms with E-state index < -0.39 is 5.92 Å². The van der Waals surface area contributed by atoms with Crippen LogP contribution in [0.25, 0.3) is 0 Å². The van der Waals surface area contributed by atoms with Crippen LogP contribution in [0, 0.1) is 11.3 Å². The molecule has 2 unspecified atom stereocenters. The van der Waals surface area contributed by atoms with Gasteiger partial charge in [-0.3, -0.25) is 4.79 Å². The molecule has 2 aliphatic rings. The molecule has 0 bridgehead atoms. The van der Waals surface area contributed by atoms with Crippen LogP contribution >= 0.6 is 27.7 Å². The number of anilines is 1. The van der Waals surface area contributed by atoms with Crippen LogP contribution in [0.4, 0.5) is 5.82 Å². The number of nitrogens with one attached hydrogen (secondary N) is 3. The summed E-state index contributed by atoms with van der Waals surface area (Å²) in [4.78, 5) is 31.1. The lowest BCUT2D eigenvalue weighted by atomic mass is 9.66. The van der Waals surface area contributed by atoms with E-state index in [-0.39, 0.29) is 23.0 Å². The normalized spacial score (nSPS) is 22.0. The van der Waals surface area contributed by atoms with Gasteiger partial charge < -0.3 is 5.32 Å². The Morgan fingerprint density at radius 3 is 2.53 bits per heavy atom. The summed E-state index contributed by atoms with van der Waals surface area (Å²) in [5.74, 6) is -0.220. The van der Waals surface area contributed by atoms with E-state index in [1.54, 1.807) is 24.0 Å². The fraction of sp³-hybridized carbons (Fsp3) is 0.320. The SMILES string of the molecule is CSc1ccc(C2C(C(=O)Nc3ccc(Br)c[nH+]3)=C(C)NC3=CC(C)(C)CC(=O)C32)cc1. The van der Waals surface area contributed by atoms with Crippen molar-refractivity contribution >= 4 is 45.2 Å². The van der Waals surface area contributed by atoms with Crippen LogP contribution in [0.2, 0.25) is 0 Å². The average molecular weight is 513 g/mol. The number of Topliss-reactive ketones (excluding diaryl/α,β-unsaturated/α-hetero) is 1. The number of amides is 1. The third-order valence-corrected chi connectivity index (χ3v) is 7.22. The molecule has 1 aromatic carbocycles. The first-order chi connectivity index (χ1) is 15.2. The van der Waals surface area contributed by atoms with Crippen LogP contribution in [-0.4, -0.2) is 17.9 Å². The quantitative estimate of drug-likeness (QED) is 0.560. The highest BCUT2D eigenvalue weighted by atomic mass is 79.9. The molecule has 1 aliphatic heterocycles. The lowest BCUT2D eigenvalue weighted by Crippen LogP contribution is -2.44. The second-order valence-electron chi connectivity index (χ2n) is 9.00. The van der Waals surface area contributed by atoms with E-state index in [2.05, 4.69) is 63.6 Å². The number of carbonyl (C=O) groups excluding carboxylic acids is 2. The number of carbonyl (C=O) groups is 2. The van der Waals surface area contributed by atoms with Crippen LogP contribution in [0.15, 0.2) is 75.0 Å². The standard InChI is InChI=1S/C25H26BrN3O2S/c1-14-21(24(31)29-20-10-7-16(26)13-27-20)22(15-5-8-17(32-4)9-6-15)23-18(28-14)11-25(2,3)12-19(23)30/h5-11,13,22-23,28H,12H2,1-4H3,(H,27,29,31)/p+1. The zero-order valence-electron chi connectivity index (χ0n) is 18.6. The first-order valence-corrected chi connectivity index (χ1v) is 12.6. The van der Waals surface area contributed by atoms with Gasteiger partial charge in [0.25, 0.3) is 5.82 Å². The Labute approximate surface area is 201 Å². The lowest BCUT2D eigenvalue weighted by molar-refractivity contribution is -0.361. The molecule has 1 amide bonds. The summed E-state index contributed by atoms with van der Waals surface area (Å²) in [7, 11) is 0. The van der Waals surface area contributed by atoms with Crippen molar-refractivity contribution in [3.8, 4) is 0 Å². The monoisotopic (exact) mass is 512 g/mol. The van der Waals surface area contributed by atoms with E-state index in [0.29, 0.717) is 17.8 Å². The minimum Gasteiger partial charge on any atom is -0.362 e. The molecular formula is C25H27BrN3O2S+. The molecule has 1 aromatic heterocycles. The maximum absolute atomic E-state index is 13.5. The Morgan fingerprint density at radius 1 is 1.19 bits per heavy atom. The smallest absolute Gasteiger partial charge is 0.337 e. The number of hydrogen-bond donors (Lipinski definition) is 2. The van der Waals surface area contributed by atoms with Gasteiger partial charge in [0.2, 0.25) is 0 Å². The molecule has 2 heterocycles. The molecular weight excluding hydrogens is 486 g/mol. The minimum absolute atomic E-state index is 0.159. The van der Waals surface area contributed by atoms with E-state index in [1.165, 1.54) is 0 Å². The van der Waals surface area contributed by atoms with Crippen LogP contribution in [0.5, 0.6) is 0 Å². The van der Waals surface area contributed by atoms with Crippen molar-refractivity contribution in [2.75, 3.05) is 11.6 Å². The number of allylic oxidation sites excluding steroid dienone is 3. The van der Waals surface area contributed by atoms with Crippen molar-refractivity contribution in [1.82, 2.24) is 5.32 Å². The predicted molar refractivity (Wildman–Crippen MR) is 131 cm³/mol. The number of benzene rings is 1. The Kier molecular flexibility index (Phi) is 6.32. The predicted octanol–water partition coefficient (Wildman–Crippen LogP) is 5.08. The molecule has 1 aliphatic carbocycles. The molecule has 0 saturated heterocycles. The number of fused-ring (bicyclic) bond motifs is 1. The number of rotatable bonds is 4. The first-order valence-electron chi connectivity index (χ1n) is 10.5. The summed E-state index contributed by atoms with van der Waals surface area (Å²) < 4.78 is 0.891. The van der Waals surface area contributed by atoms with Crippen molar-refractivity contribution in [1.29, 1.82) is 0 Å². The molecule has 0 spiro atoms. The third-order valence-electron chi connectivity index (χ3n) is 5.98. The summed E-state index contributed by atoms with van der Waals surface area (Å²) in [6.07, 6.45) is 6.41. The van der Waals surface area contributed by atoms with Gasteiger partial charge in [0.15, 0.2) is 0 Å². The van der Waals surface area contributed by atoms with E-state index in [1.807, 2.05) is 31.4 Å². The van der Waals surface area contributed by atoms with Crippen molar-refractivity contribution in [2.45, 2.75) is 38.0 Å². The molecule has 32 heavy (non-hydrogen) atoms. The summed E-state index contributed by atoms with van der Waals surface area (Å²) in [5.41, 5.74) is 3.02. The van der Waals surface area contributed by atoms with Gasteiger partial charge in [0.1, 0.15) is 12.0 Å². The van der Waals surface area contributed by atoms with E-state index in [0.717, 1.165) is 26.3 Å². The fourth-order valence-electron chi connectivity index (χ4n) is 4.61. The molecule has 0 radical (unpaired) electrons. The van der Waals surface area contributed by atoms with Gasteiger partial charge in [-0.2, -0.15) is 0 Å². The molecule has 7 heteroatoms. The molecule has 3 N–H and O–H groups in total. The van der Waals surface area contributed by atoms with Gasteiger partial charge in [0, 0.05) is 34.7 Å². The Bertz CT molecular complexity index is 1120. The second kappa shape index (κ2) is 8.87. The lowest BCUT2D eigenvalue weighted by Gasteiger charge is -2.41. The summed E-state index contributed by atoms with van der Waals surface area (Å²) >= 11 is 5.06. The van der Waals surface area contributed by atoms with Crippen LogP contribution in [-0.2, 0) is 9.59 Å². The molecule has 166 valence electrons. The number of halogens is 1. The maximum Gasteiger partial charge on any atom is 0.337 e. The third kappa shape index (κ3) is 4.55. The van der Waals surface area contributed by atoms with Crippen LogP contribution < -0.4 is 15.6 Å². The van der Waals surface area contributed by atoms with Gasteiger partial charge >= 0.3 is 5.91 Å². The summed E-state index contributed by atoms with van der Waals surface area (Å²) in [6, 6.07) is 11.8. The topological polar surface area (TPSA) is 72.3 Å². The molecule has 0 saturated carbocycles. The Morgan fingerprint density at radius 2 is 1.91 bits per heavy atom. The van der Waals surface area contributed by atoms with E-state index in [9.17, 15) is 9.59 Å². The van der Waals surface area contributed by atoms with Crippen molar-refractivity contribution in [2.24, 2.45) is 11.3 Å². The van der Waals surface area contributed by atoms with Gasteiger partial charge in [0.05, 0.1) is 16.0 Å². The minimum atomic E-state index is -0.401. The highest BCUT2D eigenvalue weighted by Gasteiger charge is 2.46. The highest BCUT2D eigenvalue weighted by Crippen LogP contribution is 2.47. The van der Waals surface area contributed by atoms with Crippen molar-refractivity contribution in [3.63, 3.8) is 0 Å². The fourth-order valence-corrected chi connectivity index (χ4v) is 5.27. The number of aromatic nitrogens is 1. The van der Waals surface area contributed by atoms with Gasteiger partial charge in [-0.1, -0.05) is 32.1 Å². The van der Waals surface area contributed by atoms with Crippen molar-refractivity contribution < 1.29 is 14.6 Å².